The lowest BCUT2D eigenvalue weighted by Crippen LogP contribution is -1.76. The topological polar surface area (TPSA) is 0 Å². The van der Waals surface area contributed by atoms with E-state index in [0.717, 1.165) is 15.1 Å². The van der Waals surface area contributed by atoms with Crippen molar-refractivity contribution in [2.24, 2.45) is 0 Å². The van der Waals surface area contributed by atoms with Gasteiger partial charge in [-0.3, -0.25) is 0 Å². The van der Waals surface area contributed by atoms with Crippen LogP contribution in [-0.4, -0.2) is 0 Å². The molecule has 0 fully saturated rings. The van der Waals surface area contributed by atoms with E-state index in [1.807, 2.05) is 30.3 Å². The predicted molar refractivity (Wildman–Crippen MR) is 93.5 cm³/mol. The highest BCUT2D eigenvalue weighted by Crippen LogP contribution is 2.17. The van der Waals surface area contributed by atoms with Gasteiger partial charge in [0, 0.05) is 19.6 Å². The fourth-order valence-electron chi connectivity index (χ4n) is 1.23. The lowest BCUT2D eigenvalue weighted by molar-refractivity contribution is 1.40. The summed E-state index contributed by atoms with van der Waals surface area (Å²) in [6, 6.07) is 16.4. The Morgan fingerprint density at radius 3 is 1.94 bits per heavy atom. The molecule has 0 nitrogen and oxygen atoms in total. The van der Waals surface area contributed by atoms with Crippen molar-refractivity contribution in [2.45, 2.75) is 10.7 Å². The molecule has 4 heteroatoms. The molecular weight excluding hydrogens is 488 g/mol. The highest BCUT2D eigenvalue weighted by molar-refractivity contribution is 9.11. The van der Waals surface area contributed by atoms with Gasteiger partial charge in [-0.1, -0.05) is 94.1 Å². The van der Waals surface area contributed by atoms with Gasteiger partial charge < -0.3 is 0 Å². The monoisotopic (exact) mass is 496 g/mol. The highest BCUT2D eigenvalue weighted by atomic mass is 79.9. The molecule has 0 unspecified atom stereocenters. The average molecular weight is 500 g/mol. The van der Waals surface area contributed by atoms with Crippen LogP contribution in [-0.2, 0) is 10.7 Å². The maximum Gasteiger partial charge on any atom is 0.0294 e. The summed E-state index contributed by atoms with van der Waals surface area (Å²) in [6.45, 7) is 0. The summed E-state index contributed by atoms with van der Waals surface area (Å²) in [5.74, 6) is 0. The van der Waals surface area contributed by atoms with E-state index >= 15 is 0 Å². The maximum absolute atomic E-state index is 3.43. The van der Waals surface area contributed by atoms with E-state index in [-0.39, 0.29) is 0 Å². The molecule has 96 valence electrons. The van der Waals surface area contributed by atoms with Crippen LogP contribution in [0.5, 0.6) is 0 Å². The van der Waals surface area contributed by atoms with Crippen molar-refractivity contribution in [2.75, 3.05) is 0 Å². The largest absolute Gasteiger partial charge is 0.0876 e. The Bertz CT molecular complexity index is 483. The molecule has 0 spiro atoms. The van der Waals surface area contributed by atoms with Crippen LogP contribution >= 0.6 is 63.7 Å². The summed E-state index contributed by atoms with van der Waals surface area (Å²) in [7, 11) is 0. The van der Waals surface area contributed by atoms with Crippen molar-refractivity contribution in [1.29, 1.82) is 0 Å². The Balaban J connectivity index is 0.000000180. The van der Waals surface area contributed by atoms with Crippen molar-refractivity contribution in [3.8, 4) is 0 Å². The first-order chi connectivity index (χ1) is 8.67. The first-order valence-corrected chi connectivity index (χ1v) is 9.10. The van der Waals surface area contributed by atoms with Crippen LogP contribution in [0.3, 0.4) is 0 Å². The normalized spacial score (nSPS) is 9.56. The Morgan fingerprint density at radius 2 is 1.50 bits per heavy atom. The van der Waals surface area contributed by atoms with Crippen LogP contribution in [0.25, 0.3) is 0 Å². The fourth-order valence-corrected chi connectivity index (χ4v) is 3.31. The molecule has 2 rings (SSSR count). The molecule has 18 heavy (non-hydrogen) atoms. The third-order valence-corrected chi connectivity index (χ3v) is 4.66. The summed E-state index contributed by atoms with van der Waals surface area (Å²) in [5.41, 5.74) is 2.59. The second-order valence-corrected chi connectivity index (χ2v) is 6.38. The van der Waals surface area contributed by atoms with Crippen LogP contribution in [0.4, 0.5) is 0 Å². The first kappa shape index (κ1) is 16.4. The highest BCUT2D eigenvalue weighted by Gasteiger charge is 1.92. The van der Waals surface area contributed by atoms with E-state index in [4.69, 9.17) is 0 Å². The molecule has 0 aliphatic heterocycles. The Kier molecular flexibility index (Phi) is 8.47. The minimum absolute atomic E-state index is 0.911. The Morgan fingerprint density at radius 1 is 0.778 bits per heavy atom. The smallest absolute Gasteiger partial charge is 0.0294 e. The van der Waals surface area contributed by atoms with Crippen LogP contribution in [0.2, 0.25) is 0 Å². The second-order valence-electron chi connectivity index (χ2n) is 3.49. The number of rotatable bonds is 2. The number of hydrogen-bond donors (Lipinski definition) is 0. The van der Waals surface area contributed by atoms with Gasteiger partial charge in [-0.15, -0.1) is 0 Å². The molecule has 0 heterocycles. The molecule has 0 amide bonds. The second kappa shape index (κ2) is 9.29. The zero-order valence-electron chi connectivity index (χ0n) is 9.54. The predicted octanol–water partition coefficient (Wildman–Crippen LogP) is 6.69. The zero-order valence-corrected chi connectivity index (χ0v) is 15.9. The van der Waals surface area contributed by atoms with E-state index in [2.05, 4.69) is 81.9 Å². The molecule has 0 radical (unpaired) electrons. The lowest BCUT2D eigenvalue weighted by atomic mass is 10.2. The summed E-state index contributed by atoms with van der Waals surface area (Å²) in [6.07, 6.45) is 0. The zero-order chi connectivity index (χ0) is 13.4. The molecule has 0 bridgehead atoms. The first-order valence-electron chi connectivity index (χ1n) is 5.27. The Hall–Kier alpha value is 0.360. The van der Waals surface area contributed by atoms with Gasteiger partial charge in [-0.05, 0) is 29.3 Å². The Labute approximate surface area is 142 Å². The van der Waals surface area contributed by atoms with Crippen molar-refractivity contribution in [1.82, 2.24) is 0 Å². The molecule has 0 atom stereocenters. The van der Waals surface area contributed by atoms with Gasteiger partial charge in [-0.25, -0.2) is 0 Å². The van der Waals surface area contributed by atoms with Crippen molar-refractivity contribution < 1.29 is 0 Å². The van der Waals surface area contributed by atoms with Crippen LogP contribution in [0.15, 0.2) is 57.5 Å². The number of benzene rings is 2. The van der Waals surface area contributed by atoms with Gasteiger partial charge >= 0.3 is 0 Å². The summed E-state index contributed by atoms with van der Waals surface area (Å²) in [4.78, 5) is 0. The molecule has 0 aromatic heterocycles. The summed E-state index contributed by atoms with van der Waals surface area (Å²) < 4.78 is 2.31. The average Bonchev–Trinajstić information content (AvgIpc) is 2.40. The summed E-state index contributed by atoms with van der Waals surface area (Å²) in [5, 5.41) is 1.83. The van der Waals surface area contributed by atoms with E-state index in [9.17, 15) is 0 Å². The maximum atomic E-state index is 3.43. The minimum atomic E-state index is 0.911. The lowest BCUT2D eigenvalue weighted by Gasteiger charge is -1.95. The van der Waals surface area contributed by atoms with Crippen LogP contribution < -0.4 is 0 Å². The van der Waals surface area contributed by atoms with Gasteiger partial charge in [-0.2, -0.15) is 0 Å². The van der Waals surface area contributed by atoms with Crippen LogP contribution in [0.1, 0.15) is 11.1 Å². The molecule has 2 aromatic rings. The molecule has 0 saturated carbocycles. The van der Waals surface area contributed by atoms with Gasteiger partial charge in [0.2, 0.25) is 0 Å². The van der Waals surface area contributed by atoms with E-state index in [0.29, 0.717) is 0 Å². The van der Waals surface area contributed by atoms with Crippen molar-refractivity contribution in [3.63, 3.8) is 0 Å². The van der Waals surface area contributed by atoms with Crippen LogP contribution in [0, 0.1) is 0 Å². The minimum Gasteiger partial charge on any atom is -0.0876 e. The molecule has 0 aliphatic rings. The van der Waals surface area contributed by atoms with Gasteiger partial charge in [0.05, 0.1) is 0 Å². The molecule has 0 N–H and O–H groups in total. The SMILES string of the molecule is BrCc1cccc(Br)c1.BrCc1ccccc1Br. The number of halogens is 4. The molecule has 2 aromatic carbocycles. The van der Waals surface area contributed by atoms with E-state index < -0.39 is 0 Å². The summed E-state index contributed by atoms with van der Waals surface area (Å²) >= 11 is 13.6. The van der Waals surface area contributed by atoms with E-state index in [1.54, 1.807) is 0 Å². The third kappa shape index (κ3) is 6.00. The number of alkyl halides is 2. The number of hydrogen-bond acceptors (Lipinski definition) is 0. The van der Waals surface area contributed by atoms with Gasteiger partial charge in [0.25, 0.3) is 0 Å². The van der Waals surface area contributed by atoms with Gasteiger partial charge in [0.15, 0.2) is 0 Å². The van der Waals surface area contributed by atoms with Crippen molar-refractivity contribution >= 4 is 63.7 Å². The standard InChI is InChI=1S/2C7H6Br2/c8-5-6-2-1-3-7(9)4-6;8-5-6-3-1-2-4-7(6)9/h2*1-4H,5H2. The fraction of sp³-hybridized carbons (Fsp3) is 0.143. The molecule has 0 saturated heterocycles. The molecule has 0 aliphatic carbocycles. The van der Waals surface area contributed by atoms with Gasteiger partial charge in [0.1, 0.15) is 0 Å². The van der Waals surface area contributed by atoms with E-state index in [1.165, 1.54) is 15.6 Å². The van der Waals surface area contributed by atoms with Crippen molar-refractivity contribution in [3.05, 3.63) is 68.6 Å². The molecular formula is C14H12Br4. The quantitative estimate of drug-likeness (QED) is 0.404. The third-order valence-electron chi connectivity index (χ3n) is 2.15.